The Labute approximate surface area is 187 Å². The Morgan fingerprint density at radius 3 is 2.25 bits per heavy atom. The van der Waals surface area contributed by atoms with Gasteiger partial charge >= 0.3 is 11.9 Å². The quantitative estimate of drug-likeness (QED) is 0.656. The van der Waals surface area contributed by atoms with Gasteiger partial charge in [0.25, 0.3) is 5.91 Å². The molecule has 2 aliphatic rings. The summed E-state index contributed by atoms with van der Waals surface area (Å²) in [6.07, 6.45) is 3.92. The van der Waals surface area contributed by atoms with E-state index in [0.29, 0.717) is 27.9 Å². The highest BCUT2D eigenvalue weighted by Gasteiger charge is 2.31. The van der Waals surface area contributed by atoms with Crippen LogP contribution in [0.25, 0.3) is 0 Å². The Morgan fingerprint density at radius 1 is 1.06 bits per heavy atom. The van der Waals surface area contributed by atoms with E-state index in [1.165, 1.54) is 40.9 Å². The molecule has 1 saturated heterocycles. The van der Waals surface area contributed by atoms with Gasteiger partial charge in [-0.15, -0.1) is 0 Å². The zero-order valence-electron chi connectivity index (χ0n) is 16.9. The lowest BCUT2D eigenvalue weighted by Gasteiger charge is -2.12. The van der Waals surface area contributed by atoms with Crippen molar-refractivity contribution < 1.29 is 29.3 Å². The molecule has 2 aromatic rings. The SMILES string of the molecule is CN1C(=O)/C(=C/C2=CCC(c3ccc(C(=O)O)cc3)O2)SC1=Nc1ccc(C(=O)O)cc1. The van der Waals surface area contributed by atoms with Crippen LogP contribution in [-0.4, -0.2) is 45.2 Å². The van der Waals surface area contributed by atoms with Crippen molar-refractivity contribution in [1.82, 2.24) is 4.90 Å². The third kappa shape index (κ3) is 4.42. The molecule has 0 bridgehead atoms. The van der Waals surface area contributed by atoms with E-state index >= 15 is 0 Å². The van der Waals surface area contributed by atoms with Crippen LogP contribution in [0, 0.1) is 0 Å². The molecule has 162 valence electrons. The summed E-state index contributed by atoms with van der Waals surface area (Å²) in [4.78, 5) is 40.9. The normalized spacial score (nSPS) is 20.5. The smallest absolute Gasteiger partial charge is 0.335 e. The van der Waals surface area contributed by atoms with Crippen molar-refractivity contribution >= 4 is 40.5 Å². The molecular weight excluding hydrogens is 432 g/mol. The number of benzene rings is 2. The number of thioether (sulfide) groups is 1. The van der Waals surface area contributed by atoms with Gasteiger partial charge in [0.1, 0.15) is 11.9 Å². The Hall–Kier alpha value is -3.85. The summed E-state index contributed by atoms with van der Waals surface area (Å²) >= 11 is 1.21. The lowest BCUT2D eigenvalue weighted by molar-refractivity contribution is -0.121. The van der Waals surface area contributed by atoms with E-state index in [9.17, 15) is 14.4 Å². The third-order valence-electron chi connectivity index (χ3n) is 4.96. The van der Waals surface area contributed by atoms with Gasteiger partial charge in [-0.1, -0.05) is 12.1 Å². The summed E-state index contributed by atoms with van der Waals surface area (Å²) in [5.74, 6) is -1.65. The van der Waals surface area contributed by atoms with Gasteiger partial charge in [0, 0.05) is 13.5 Å². The summed E-state index contributed by atoms with van der Waals surface area (Å²) in [7, 11) is 1.62. The minimum absolute atomic E-state index is 0.163. The first-order chi connectivity index (χ1) is 15.3. The molecule has 1 amide bonds. The van der Waals surface area contributed by atoms with Crippen LogP contribution in [0.5, 0.6) is 0 Å². The maximum atomic E-state index is 12.6. The molecule has 2 N–H and O–H groups in total. The van der Waals surface area contributed by atoms with Crippen molar-refractivity contribution in [3.8, 4) is 0 Å². The maximum Gasteiger partial charge on any atom is 0.335 e. The molecule has 0 aliphatic carbocycles. The number of rotatable bonds is 5. The van der Waals surface area contributed by atoms with Crippen molar-refractivity contribution in [3.05, 3.63) is 88.0 Å². The van der Waals surface area contributed by atoms with E-state index in [0.717, 1.165) is 5.56 Å². The number of likely N-dealkylation sites (N-methyl/N-ethyl adjacent to an activating group) is 1. The highest BCUT2D eigenvalue weighted by atomic mass is 32.2. The average molecular weight is 450 g/mol. The first-order valence-electron chi connectivity index (χ1n) is 9.61. The number of nitrogens with zero attached hydrogens (tertiary/aromatic N) is 2. The number of hydrogen-bond acceptors (Lipinski definition) is 6. The number of carbonyl (C=O) groups is 3. The number of aliphatic imine (C=N–C) groups is 1. The van der Waals surface area contributed by atoms with Crippen molar-refractivity contribution in [1.29, 1.82) is 0 Å². The van der Waals surface area contributed by atoms with Gasteiger partial charge in [-0.2, -0.15) is 0 Å². The molecule has 8 nitrogen and oxygen atoms in total. The fraction of sp³-hybridized carbons (Fsp3) is 0.130. The number of hydrogen-bond donors (Lipinski definition) is 2. The van der Waals surface area contributed by atoms with Gasteiger partial charge in [0.05, 0.1) is 21.7 Å². The number of amidine groups is 1. The predicted molar refractivity (Wildman–Crippen MR) is 119 cm³/mol. The van der Waals surface area contributed by atoms with Gasteiger partial charge in [0.15, 0.2) is 5.17 Å². The highest BCUT2D eigenvalue weighted by molar-refractivity contribution is 8.18. The van der Waals surface area contributed by atoms with Crippen molar-refractivity contribution in [2.45, 2.75) is 12.5 Å². The molecule has 2 aliphatic heterocycles. The van der Waals surface area contributed by atoms with Gasteiger partial charge < -0.3 is 14.9 Å². The predicted octanol–water partition coefficient (Wildman–Crippen LogP) is 4.21. The Morgan fingerprint density at radius 2 is 1.66 bits per heavy atom. The van der Waals surface area contributed by atoms with Gasteiger partial charge in [0.2, 0.25) is 0 Å². The monoisotopic (exact) mass is 450 g/mol. The first-order valence-corrected chi connectivity index (χ1v) is 10.4. The van der Waals surface area contributed by atoms with Crippen molar-refractivity contribution in [3.63, 3.8) is 0 Å². The molecular formula is C23H18N2O6S. The second-order valence-electron chi connectivity index (χ2n) is 7.10. The topological polar surface area (TPSA) is 117 Å². The standard InChI is InChI=1S/C23H18N2O6S/c1-25-20(26)19(32-23(25)24-16-8-6-15(7-9-16)22(29)30)12-17-10-11-18(31-17)13-2-4-14(5-3-13)21(27)28/h2-10,12,18H,11H2,1H3,(H,27,28)(H,29,30)/b19-12-,24-23?. The fourth-order valence-electron chi connectivity index (χ4n) is 3.19. The van der Waals surface area contributed by atoms with Crippen molar-refractivity contribution in [2.24, 2.45) is 4.99 Å². The van der Waals surface area contributed by atoms with Crippen LogP contribution in [0.1, 0.15) is 38.8 Å². The summed E-state index contributed by atoms with van der Waals surface area (Å²) < 4.78 is 5.94. The number of carboxylic acid groups (broad SMARTS) is 2. The van der Waals surface area contributed by atoms with Crippen LogP contribution in [0.4, 0.5) is 5.69 Å². The number of carbonyl (C=O) groups excluding carboxylic acids is 1. The summed E-state index contributed by atoms with van der Waals surface area (Å²) in [5, 5.41) is 18.5. The first kappa shape index (κ1) is 21.4. The van der Waals surface area contributed by atoms with E-state index < -0.39 is 11.9 Å². The second kappa shape index (κ2) is 8.72. The lowest BCUT2D eigenvalue weighted by Crippen LogP contribution is -2.23. The zero-order valence-corrected chi connectivity index (χ0v) is 17.7. The molecule has 0 radical (unpaired) electrons. The fourth-order valence-corrected chi connectivity index (χ4v) is 4.16. The maximum absolute atomic E-state index is 12.6. The molecule has 4 rings (SSSR count). The van der Waals surface area contributed by atoms with E-state index in [1.807, 2.05) is 6.08 Å². The average Bonchev–Trinajstić information content (AvgIpc) is 3.35. The van der Waals surface area contributed by atoms with Gasteiger partial charge in [-0.25, -0.2) is 14.6 Å². The van der Waals surface area contributed by atoms with Crippen molar-refractivity contribution in [2.75, 3.05) is 7.05 Å². The molecule has 0 spiro atoms. The van der Waals surface area contributed by atoms with Crippen LogP contribution in [0.15, 0.2) is 76.3 Å². The Kier molecular flexibility index (Phi) is 5.83. The van der Waals surface area contributed by atoms with Crippen LogP contribution < -0.4 is 0 Å². The molecule has 1 unspecified atom stereocenters. The van der Waals surface area contributed by atoms with Gasteiger partial charge in [-0.05, 0) is 65.9 Å². The Balaban J connectivity index is 1.46. The molecule has 32 heavy (non-hydrogen) atoms. The summed E-state index contributed by atoms with van der Waals surface area (Å²) in [6, 6.07) is 12.6. The van der Waals surface area contributed by atoms with Gasteiger partial charge in [-0.3, -0.25) is 9.69 Å². The number of amides is 1. The van der Waals surface area contributed by atoms with E-state index in [4.69, 9.17) is 14.9 Å². The number of ether oxygens (including phenoxy) is 1. The minimum atomic E-state index is -1.02. The number of aromatic carboxylic acids is 2. The molecule has 9 heteroatoms. The molecule has 0 aromatic heterocycles. The highest BCUT2D eigenvalue weighted by Crippen LogP contribution is 2.36. The van der Waals surface area contributed by atoms with Crippen LogP contribution in [0.2, 0.25) is 0 Å². The number of allylic oxidation sites excluding steroid dienone is 1. The molecule has 1 atom stereocenters. The van der Waals surface area contributed by atoms with Crippen LogP contribution >= 0.6 is 11.8 Å². The third-order valence-corrected chi connectivity index (χ3v) is 6.02. The van der Waals surface area contributed by atoms with Crippen LogP contribution in [0.3, 0.4) is 0 Å². The lowest BCUT2D eigenvalue weighted by atomic mass is 10.1. The van der Waals surface area contributed by atoms with E-state index in [1.54, 1.807) is 37.4 Å². The molecule has 2 heterocycles. The van der Waals surface area contributed by atoms with E-state index in [-0.39, 0.29) is 23.1 Å². The zero-order chi connectivity index (χ0) is 22.8. The second-order valence-corrected chi connectivity index (χ2v) is 8.11. The largest absolute Gasteiger partial charge is 0.486 e. The minimum Gasteiger partial charge on any atom is -0.486 e. The molecule has 1 fully saturated rings. The summed E-state index contributed by atoms with van der Waals surface area (Å²) in [5.41, 5.74) is 1.77. The summed E-state index contributed by atoms with van der Waals surface area (Å²) in [6.45, 7) is 0. The molecule has 2 aromatic carbocycles. The number of carboxylic acids is 2. The molecule has 0 saturated carbocycles. The Bertz CT molecular complexity index is 1180. The van der Waals surface area contributed by atoms with E-state index in [2.05, 4.69) is 4.99 Å². The van der Waals surface area contributed by atoms with Crippen LogP contribution in [-0.2, 0) is 9.53 Å².